The Morgan fingerprint density at radius 3 is 1.37 bits per heavy atom. The van der Waals surface area contributed by atoms with Crippen molar-refractivity contribution < 1.29 is 0 Å². The number of benzene rings is 10. The van der Waals surface area contributed by atoms with E-state index in [1.54, 1.807) is 0 Å². The van der Waals surface area contributed by atoms with Crippen LogP contribution in [0, 0.1) is 0 Å². The first-order chi connectivity index (χ1) is 32.0. The largest absolute Gasteiger partial charge is 0.228 e. The van der Waals surface area contributed by atoms with Crippen LogP contribution in [0.1, 0.15) is 25.0 Å². The molecule has 12 rings (SSSR count). The van der Waals surface area contributed by atoms with Gasteiger partial charge in [-0.25, -0.2) is 9.97 Å². The Kier molecular flexibility index (Phi) is 9.21. The zero-order valence-corrected chi connectivity index (χ0v) is 36.3. The van der Waals surface area contributed by atoms with Crippen LogP contribution in [0.3, 0.4) is 0 Å². The second-order valence-electron chi connectivity index (χ2n) is 17.7. The molecule has 65 heavy (non-hydrogen) atoms. The summed E-state index contributed by atoms with van der Waals surface area (Å²) < 4.78 is 0. The van der Waals surface area contributed by atoms with E-state index in [-0.39, 0.29) is 5.41 Å². The smallest absolute Gasteiger partial charge is 0.160 e. The molecule has 1 aliphatic rings. The highest BCUT2D eigenvalue weighted by atomic mass is 14.9. The quantitative estimate of drug-likeness (QED) is 0.160. The van der Waals surface area contributed by atoms with Gasteiger partial charge in [-0.15, -0.1) is 0 Å². The molecule has 0 fully saturated rings. The van der Waals surface area contributed by atoms with Gasteiger partial charge >= 0.3 is 0 Å². The Bertz CT molecular complexity index is 3610. The summed E-state index contributed by atoms with van der Waals surface area (Å²) in [6.45, 7) is 4.69. The maximum absolute atomic E-state index is 5.33. The van der Waals surface area contributed by atoms with E-state index in [2.05, 4.69) is 238 Å². The molecule has 0 atom stereocenters. The fraction of sp³-hybridized carbons (Fsp3) is 0.0476. The van der Waals surface area contributed by atoms with Crippen LogP contribution in [0.2, 0.25) is 0 Å². The standard InChI is InChI=1S/C63H44N2/c1-63(2)58-29-17-16-28-54(58)57-38-44(31-37-59(57)63)47-33-34-52(49-25-13-12-24-48(47)49)53-35-36-55(51-27-15-14-26-50(51)53)61-40-60(64-62(65-61)43-22-10-5-11-23-43)45-30-32-46(41-18-6-3-7-19-41)56(39-45)42-20-8-4-9-21-42/h3-40H,1-2H3. The highest BCUT2D eigenvalue weighted by Gasteiger charge is 2.35. The first kappa shape index (κ1) is 38.5. The molecule has 306 valence electrons. The first-order valence-corrected chi connectivity index (χ1v) is 22.5. The average Bonchev–Trinajstić information content (AvgIpc) is 3.61. The van der Waals surface area contributed by atoms with Crippen molar-refractivity contribution in [3.05, 3.63) is 242 Å². The van der Waals surface area contributed by atoms with Gasteiger partial charge in [0, 0.05) is 22.1 Å². The Balaban J connectivity index is 1.00. The van der Waals surface area contributed by atoms with Gasteiger partial charge in [0.1, 0.15) is 0 Å². The van der Waals surface area contributed by atoms with Crippen LogP contribution in [-0.4, -0.2) is 9.97 Å². The SMILES string of the molecule is CC1(C)c2ccccc2-c2cc(-c3ccc(-c4ccc(-c5cc(-c6ccc(-c7ccccc7)c(-c7ccccc7)c6)nc(-c6ccccc6)n5)c5ccccc45)c4ccccc34)ccc21. The van der Waals surface area contributed by atoms with Gasteiger partial charge in [-0.1, -0.05) is 226 Å². The number of fused-ring (bicyclic) bond motifs is 5. The summed E-state index contributed by atoms with van der Waals surface area (Å²) in [6.07, 6.45) is 0. The van der Waals surface area contributed by atoms with Gasteiger partial charge < -0.3 is 0 Å². The molecule has 0 bridgehead atoms. The molecular weight excluding hydrogens is 785 g/mol. The third-order valence-electron chi connectivity index (χ3n) is 13.6. The third-order valence-corrected chi connectivity index (χ3v) is 13.6. The van der Waals surface area contributed by atoms with Crippen LogP contribution in [0.25, 0.3) is 111 Å². The molecule has 0 radical (unpaired) electrons. The van der Waals surface area contributed by atoms with Crippen LogP contribution in [0.4, 0.5) is 0 Å². The van der Waals surface area contributed by atoms with Gasteiger partial charge in [-0.2, -0.15) is 0 Å². The molecule has 0 unspecified atom stereocenters. The maximum Gasteiger partial charge on any atom is 0.160 e. The predicted molar refractivity (Wildman–Crippen MR) is 273 cm³/mol. The highest BCUT2D eigenvalue weighted by Crippen LogP contribution is 2.50. The van der Waals surface area contributed by atoms with E-state index in [4.69, 9.17) is 9.97 Å². The van der Waals surface area contributed by atoms with Gasteiger partial charge in [0.25, 0.3) is 0 Å². The zero-order chi connectivity index (χ0) is 43.5. The van der Waals surface area contributed by atoms with Crippen molar-refractivity contribution in [2.45, 2.75) is 19.3 Å². The van der Waals surface area contributed by atoms with Crippen molar-refractivity contribution in [1.82, 2.24) is 9.97 Å². The molecule has 2 heteroatoms. The fourth-order valence-corrected chi connectivity index (χ4v) is 10.3. The van der Waals surface area contributed by atoms with Gasteiger partial charge in [0.05, 0.1) is 11.4 Å². The monoisotopic (exact) mass is 828 g/mol. The zero-order valence-electron chi connectivity index (χ0n) is 36.3. The molecule has 1 aliphatic carbocycles. The second-order valence-corrected chi connectivity index (χ2v) is 17.7. The van der Waals surface area contributed by atoms with Crippen LogP contribution >= 0.6 is 0 Å². The van der Waals surface area contributed by atoms with E-state index in [9.17, 15) is 0 Å². The normalized spacial score (nSPS) is 12.6. The van der Waals surface area contributed by atoms with Crippen LogP contribution in [0.5, 0.6) is 0 Å². The Morgan fingerprint density at radius 2 is 0.708 bits per heavy atom. The topological polar surface area (TPSA) is 25.8 Å². The lowest BCUT2D eigenvalue weighted by molar-refractivity contribution is 0.660. The van der Waals surface area contributed by atoms with Crippen LogP contribution in [0.15, 0.2) is 231 Å². The molecule has 1 heterocycles. The third kappa shape index (κ3) is 6.57. The molecule has 0 saturated carbocycles. The van der Waals surface area contributed by atoms with Crippen LogP contribution < -0.4 is 0 Å². The van der Waals surface area contributed by atoms with Gasteiger partial charge in [-0.3, -0.25) is 0 Å². The van der Waals surface area contributed by atoms with Gasteiger partial charge in [-0.05, 0) is 107 Å². The fourth-order valence-electron chi connectivity index (χ4n) is 10.3. The lowest BCUT2D eigenvalue weighted by atomic mass is 9.82. The van der Waals surface area contributed by atoms with Gasteiger partial charge in [0.2, 0.25) is 0 Å². The van der Waals surface area contributed by atoms with E-state index >= 15 is 0 Å². The number of hydrogen-bond acceptors (Lipinski definition) is 2. The van der Waals surface area contributed by atoms with Crippen molar-refractivity contribution in [2.75, 3.05) is 0 Å². The Morgan fingerprint density at radius 1 is 0.262 bits per heavy atom. The van der Waals surface area contributed by atoms with E-state index in [0.717, 1.165) is 44.6 Å². The summed E-state index contributed by atoms with van der Waals surface area (Å²) in [5.41, 5.74) is 19.8. The molecule has 0 N–H and O–H groups in total. The van der Waals surface area contributed by atoms with Gasteiger partial charge in [0.15, 0.2) is 5.82 Å². The Labute approximate surface area is 380 Å². The number of nitrogens with zero attached hydrogens (tertiary/aromatic N) is 2. The van der Waals surface area contributed by atoms with E-state index in [0.29, 0.717) is 5.82 Å². The summed E-state index contributed by atoms with van der Waals surface area (Å²) in [4.78, 5) is 10.6. The van der Waals surface area contributed by atoms with Crippen molar-refractivity contribution in [1.29, 1.82) is 0 Å². The number of rotatable bonds is 7. The number of hydrogen-bond donors (Lipinski definition) is 0. The lowest BCUT2D eigenvalue weighted by Gasteiger charge is -2.21. The second kappa shape index (κ2) is 15.6. The minimum absolute atomic E-state index is 0.0277. The summed E-state index contributed by atoms with van der Waals surface area (Å²) in [5.74, 6) is 0.694. The molecule has 11 aromatic rings. The minimum atomic E-state index is -0.0277. The highest BCUT2D eigenvalue weighted by molar-refractivity contribution is 6.12. The van der Waals surface area contributed by atoms with E-state index in [1.165, 1.54) is 71.8 Å². The average molecular weight is 829 g/mol. The Hall–Kier alpha value is -8.20. The van der Waals surface area contributed by atoms with Crippen molar-refractivity contribution in [3.63, 3.8) is 0 Å². The van der Waals surface area contributed by atoms with Crippen molar-refractivity contribution in [2.24, 2.45) is 0 Å². The molecule has 0 spiro atoms. The minimum Gasteiger partial charge on any atom is -0.228 e. The molecule has 10 aromatic carbocycles. The summed E-state index contributed by atoms with van der Waals surface area (Å²) in [5, 5.41) is 4.79. The van der Waals surface area contributed by atoms with Crippen molar-refractivity contribution >= 4 is 21.5 Å². The van der Waals surface area contributed by atoms with E-state index in [1.807, 2.05) is 6.07 Å². The van der Waals surface area contributed by atoms with Crippen LogP contribution in [-0.2, 0) is 5.41 Å². The maximum atomic E-state index is 5.33. The molecular formula is C63H44N2. The number of aromatic nitrogens is 2. The van der Waals surface area contributed by atoms with E-state index < -0.39 is 0 Å². The molecule has 0 saturated heterocycles. The summed E-state index contributed by atoms with van der Waals surface area (Å²) in [6, 6.07) is 83.3. The summed E-state index contributed by atoms with van der Waals surface area (Å²) in [7, 11) is 0. The van der Waals surface area contributed by atoms with Crippen molar-refractivity contribution in [3.8, 4) is 89.5 Å². The summed E-state index contributed by atoms with van der Waals surface area (Å²) >= 11 is 0. The molecule has 2 nitrogen and oxygen atoms in total. The molecule has 0 amide bonds. The first-order valence-electron chi connectivity index (χ1n) is 22.5. The lowest BCUT2D eigenvalue weighted by Crippen LogP contribution is -2.14. The predicted octanol–water partition coefficient (Wildman–Crippen LogP) is 16.8. The molecule has 0 aliphatic heterocycles. The molecule has 1 aromatic heterocycles.